The van der Waals surface area contributed by atoms with E-state index in [0.29, 0.717) is 11.7 Å². The number of hydrogen-bond acceptors (Lipinski definition) is 5. The molecule has 0 aliphatic rings. The molecule has 6 nitrogen and oxygen atoms in total. The van der Waals surface area contributed by atoms with Crippen LogP contribution in [0, 0.1) is 0 Å². The molecule has 14 heavy (non-hydrogen) atoms. The second kappa shape index (κ2) is 4.21. The Kier molecular flexibility index (Phi) is 3.21. The molecule has 2 N–H and O–H groups in total. The van der Waals surface area contributed by atoms with Gasteiger partial charge in [-0.15, -0.1) is 12.4 Å². The Bertz CT molecular complexity index is 410. The molecule has 0 aliphatic heterocycles. The fourth-order valence-electron chi connectivity index (χ4n) is 0.992. The minimum Gasteiger partial charge on any atom is -0.338 e. The summed E-state index contributed by atoms with van der Waals surface area (Å²) in [5.74, 6) is 0.951. The lowest BCUT2D eigenvalue weighted by molar-refractivity contribution is 0.380. The van der Waals surface area contributed by atoms with E-state index in [9.17, 15) is 0 Å². The molecule has 2 heterocycles. The Balaban J connectivity index is 0.000000980. The fourth-order valence-corrected chi connectivity index (χ4v) is 0.992. The summed E-state index contributed by atoms with van der Waals surface area (Å²) in [6, 6.07) is 0. The van der Waals surface area contributed by atoms with Crippen LogP contribution in [0.4, 0.5) is 0 Å². The van der Waals surface area contributed by atoms with E-state index in [2.05, 4.69) is 15.2 Å². The Morgan fingerprint density at radius 1 is 1.57 bits per heavy atom. The molecule has 0 spiro atoms. The quantitative estimate of drug-likeness (QED) is 0.782. The summed E-state index contributed by atoms with van der Waals surface area (Å²) >= 11 is 0. The maximum atomic E-state index is 5.33. The number of halogens is 1. The lowest BCUT2D eigenvalue weighted by atomic mass is 10.3. The van der Waals surface area contributed by atoms with Crippen molar-refractivity contribution in [3.8, 4) is 11.4 Å². The highest BCUT2D eigenvalue weighted by Gasteiger charge is 2.08. The van der Waals surface area contributed by atoms with Gasteiger partial charge < -0.3 is 10.3 Å². The van der Waals surface area contributed by atoms with E-state index in [1.54, 1.807) is 10.9 Å². The average molecular weight is 216 g/mol. The fraction of sp³-hybridized carbons (Fsp3) is 0.286. The van der Waals surface area contributed by atoms with Gasteiger partial charge in [0.15, 0.2) is 0 Å². The first-order valence-corrected chi connectivity index (χ1v) is 3.81. The summed E-state index contributed by atoms with van der Waals surface area (Å²) in [4.78, 5) is 4.06. The molecule has 0 unspecified atom stereocenters. The van der Waals surface area contributed by atoms with E-state index in [1.165, 1.54) is 0 Å². The topological polar surface area (TPSA) is 82.8 Å². The van der Waals surface area contributed by atoms with Crippen molar-refractivity contribution in [3.05, 3.63) is 18.3 Å². The third-order valence-corrected chi connectivity index (χ3v) is 1.61. The van der Waals surface area contributed by atoms with Crippen LogP contribution in [-0.2, 0) is 13.6 Å². The predicted molar refractivity (Wildman–Crippen MR) is 51.6 cm³/mol. The normalized spacial score (nSPS) is 9.86. The first-order valence-electron chi connectivity index (χ1n) is 3.81. The van der Waals surface area contributed by atoms with Gasteiger partial charge in [0.2, 0.25) is 11.7 Å². The third kappa shape index (κ3) is 1.91. The molecule has 76 valence electrons. The first kappa shape index (κ1) is 10.7. The summed E-state index contributed by atoms with van der Waals surface area (Å²) in [7, 11) is 1.83. The molecule has 0 amide bonds. The van der Waals surface area contributed by atoms with Gasteiger partial charge in [0.05, 0.1) is 18.3 Å². The van der Waals surface area contributed by atoms with Crippen LogP contribution in [0.25, 0.3) is 11.4 Å². The average Bonchev–Trinajstić information content (AvgIpc) is 2.71. The van der Waals surface area contributed by atoms with Crippen molar-refractivity contribution >= 4 is 12.4 Å². The molecule has 0 radical (unpaired) electrons. The standard InChI is InChI=1S/C7H9N5O.ClH/c1-12-4-5(3-9-12)7-10-6(2-8)13-11-7;/h3-4H,2,8H2,1H3;1H. The third-order valence-electron chi connectivity index (χ3n) is 1.61. The lowest BCUT2D eigenvalue weighted by Crippen LogP contribution is -1.95. The largest absolute Gasteiger partial charge is 0.338 e. The van der Waals surface area contributed by atoms with Gasteiger partial charge in [-0.3, -0.25) is 4.68 Å². The second-order valence-corrected chi connectivity index (χ2v) is 2.62. The maximum absolute atomic E-state index is 5.33. The van der Waals surface area contributed by atoms with Gasteiger partial charge in [0, 0.05) is 13.2 Å². The van der Waals surface area contributed by atoms with Crippen LogP contribution in [0.2, 0.25) is 0 Å². The van der Waals surface area contributed by atoms with Gasteiger partial charge in [-0.2, -0.15) is 10.1 Å². The molecule has 2 aromatic heterocycles. The molecule has 2 aromatic rings. The number of rotatable bonds is 2. The zero-order valence-electron chi connectivity index (χ0n) is 7.54. The van der Waals surface area contributed by atoms with E-state index in [-0.39, 0.29) is 19.0 Å². The van der Waals surface area contributed by atoms with Crippen LogP contribution < -0.4 is 5.73 Å². The van der Waals surface area contributed by atoms with E-state index in [0.717, 1.165) is 5.56 Å². The zero-order chi connectivity index (χ0) is 9.26. The van der Waals surface area contributed by atoms with E-state index in [4.69, 9.17) is 10.3 Å². The van der Waals surface area contributed by atoms with Gasteiger partial charge in [0.25, 0.3) is 0 Å². The summed E-state index contributed by atoms with van der Waals surface area (Å²) < 4.78 is 6.53. The van der Waals surface area contributed by atoms with E-state index in [1.807, 2.05) is 13.2 Å². The van der Waals surface area contributed by atoms with Gasteiger partial charge in [-0.1, -0.05) is 5.16 Å². The Morgan fingerprint density at radius 2 is 2.36 bits per heavy atom. The van der Waals surface area contributed by atoms with Gasteiger partial charge >= 0.3 is 0 Å². The molecule has 0 aromatic carbocycles. The SMILES string of the molecule is Cl.Cn1cc(-c2noc(CN)n2)cn1. The Morgan fingerprint density at radius 3 is 2.86 bits per heavy atom. The van der Waals surface area contributed by atoms with E-state index < -0.39 is 0 Å². The smallest absolute Gasteiger partial charge is 0.240 e. The van der Waals surface area contributed by atoms with Crippen molar-refractivity contribution in [2.24, 2.45) is 12.8 Å². The maximum Gasteiger partial charge on any atom is 0.240 e. The Labute approximate surface area is 86.5 Å². The van der Waals surface area contributed by atoms with Crippen LogP contribution >= 0.6 is 12.4 Å². The number of nitrogens with two attached hydrogens (primary N) is 1. The minimum absolute atomic E-state index is 0. The van der Waals surface area contributed by atoms with Crippen molar-refractivity contribution in [1.29, 1.82) is 0 Å². The van der Waals surface area contributed by atoms with Crippen molar-refractivity contribution < 1.29 is 4.52 Å². The lowest BCUT2D eigenvalue weighted by Gasteiger charge is -1.83. The summed E-state index contributed by atoms with van der Waals surface area (Å²) in [5.41, 5.74) is 6.15. The number of hydrogen-bond donors (Lipinski definition) is 1. The highest BCUT2D eigenvalue weighted by Crippen LogP contribution is 2.13. The van der Waals surface area contributed by atoms with E-state index >= 15 is 0 Å². The summed E-state index contributed by atoms with van der Waals surface area (Å²) in [6.45, 7) is 0.257. The zero-order valence-corrected chi connectivity index (χ0v) is 8.36. The van der Waals surface area contributed by atoms with Crippen LogP contribution in [0.15, 0.2) is 16.9 Å². The number of aryl methyl sites for hydroxylation is 1. The molecule has 2 rings (SSSR count). The highest BCUT2D eigenvalue weighted by atomic mass is 35.5. The molecular weight excluding hydrogens is 206 g/mol. The molecule has 0 saturated carbocycles. The minimum atomic E-state index is 0. The van der Waals surface area contributed by atoms with Crippen molar-refractivity contribution in [1.82, 2.24) is 19.9 Å². The number of aromatic nitrogens is 4. The predicted octanol–water partition coefficient (Wildman–Crippen LogP) is 0.351. The highest BCUT2D eigenvalue weighted by molar-refractivity contribution is 5.85. The van der Waals surface area contributed by atoms with Crippen LogP contribution in [0.1, 0.15) is 5.89 Å². The second-order valence-electron chi connectivity index (χ2n) is 2.62. The molecule has 7 heteroatoms. The summed E-state index contributed by atoms with van der Waals surface area (Å²) in [5, 5.41) is 7.74. The monoisotopic (exact) mass is 215 g/mol. The van der Waals surface area contributed by atoms with Crippen molar-refractivity contribution in [3.63, 3.8) is 0 Å². The molecule has 0 bridgehead atoms. The summed E-state index contributed by atoms with van der Waals surface area (Å²) in [6.07, 6.45) is 3.48. The molecule has 0 aliphatic carbocycles. The number of nitrogens with zero attached hydrogens (tertiary/aromatic N) is 4. The Hall–Kier alpha value is -1.40. The van der Waals surface area contributed by atoms with Crippen molar-refractivity contribution in [2.45, 2.75) is 6.54 Å². The molecule has 0 fully saturated rings. The molecule has 0 atom stereocenters. The first-order chi connectivity index (χ1) is 6.29. The van der Waals surface area contributed by atoms with Gasteiger partial charge in [0.1, 0.15) is 0 Å². The van der Waals surface area contributed by atoms with Crippen LogP contribution in [0.5, 0.6) is 0 Å². The van der Waals surface area contributed by atoms with Gasteiger partial charge in [-0.05, 0) is 0 Å². The van der Waals surface area contributed by atoms with Gasteiger partial charge in [-0.25, -0.2) is 0 Å². The van der Waals surface area contributed by atoms with Crippen LogP contribution in [0.3, 0.4) is 0 Å². The molecular formula is C7H10ClN5O. The molecule has 0 saturated heterocycles. The van der Waals surface area contributed by atoms with Crippen LogP contribution in [-0.4, -0.2) is 19.9 Å². The van der Waals surface area contributed by atoms with Crippen molar-refractivity contribution in [2.75, 3.05) is 0 Å².